The van der Waals surface area contributed by atoms with E-state index in [0.717, 1.165) is 51.4 Å². The maximum atomic E-state index is 13.1. The van der Waals surface area contributed by atoms with Gasteiger partial charge in [-0.2, -0.15) is 0 Å². The Hall–Kier alpha value is 0.250. The summed E-state index contributed by atoms with van der Waals surface area (Å²) in [5.41, 5.74) is -0.516. The van der Waals surface area contributed by atoms with E-state index in [9.17, 15) is 4.79 Å². The van der Waals surface area contributed by atoms with Gasteiger partial charge >= 0.3 is 0 Å². The smallest absolute Gasteiger partial charge is 0.147 e. The maximum absolute atomic E-state index is 13.1. The van der Waals surface area contributed by atoms with E-state index < -0.39 is 0 Å². The van der Waals surface area contributed by atoms with Crippen LogP contribution in [0.3, 0.4) is 0 Å². The number of rotatable bonds is 4. The van der Waals surface area contributed by atoms with Crippen molar-refractivity contribution in [1.29, 1.82) is 0 Å². The van der Waals surface area contributed by atoms with Gasteiger partial charge in [0.15, 0.2) is 0 Å². The molecule has 0 aromatic carbocycles. The molecule has 0 radical (unpaired) electrons. The second kappa shape index (κ2) is 6.13. The molecule has 0 aromatic heterocycles. The summed E-state index contributed by atoms with van der Waals surface area (Å²) in [5.74, 6) is 1.38. The molecule has 2 rings (SSSR count). The van der Waals surface area contributed by atoms with Crippen LogP contribution in [0.5, 0.6) is 0 Å². The first-order chi connectivity index (χ1) is 8.69. The number of hydrogen-bond donors (Lipinski definition) is 0. The van der Waals surface area contributed by atoms with Crippen molar-refractivity contribution >= 4 is 29.0 Å². The number of alkyl halides is 2. The molecule has 0 amide bonds. The van der Waals surface area contributed by atoms with Gasteiger partial charge in [-0.15, -0.1) is 23.2 Å². The van der Waals surface area contributed by atoms with Crippen molar-refractivity contribution < 1.29 is 4.79 Å². The fourth-order valence-corrected chi connectivity index (χ4v) is 4.64. The van der Waals surface area contributed by atoms with E-state index in [4.69, 9.17) is 23.2 Å². The number of hydrogen-bond acceptors (Lipinski definition) is 1. The molecule has 2 fully saturated rings. The first-order valence-corrected chi connectivity index (χ1v) is 8.43. The van der Waals surface area contributed by atoms with E-state index in [-0.39, 0.29) is 10.8 Å². The summed E-state index contributed by atoms with van der Waals surface area (Å²) in [6, 6.07) is 0. The summed E-state index contributed by atoms with van der Waals surface area (Å²) in [6.45, 7) is 0. The molecule has 2 aliphatic rings. The lowest BCUT2D eigenvalue weighted by Crippen LogP contribution is -2.48. The van der Waals surface area contributed by atoms with Crippen LogP contribution in [0, 0.1) is 10.8 Å². The lowest BCUT2D eigenvalue weighted by molar-refractivity contribution is -0.140. The minimum atomic E-state index is -0.258. The first kappa shape index (κ1) is 14.7. The fourth-order valence-electron chi connectivity index (χ4n) is 3.86. The van der Waals surface area contributed by atoms with Crippen LogP contribution in [0.2, 0.25) is 0 Å². The minimum absolute atomic E-state index is 0.258. The Kier molecular flexibility index (Phi) is 4.99. The summed E-state index contributed by atoms with van der Waals surface area (Å²) in [4.78, 5) is 13.1. The number of Topliss-reactive ketones (excluding diaryl/α,β-unsaturated/α-hetero) is 1. The lowest BCUT2D eigenvalue weighted by Gasteiger charge is -2.44. The van der Waals surface area contributed by atoms with Gasteiger partial charge in [0.2, 0.25) is 0 Å². The van der Waals surface area contributed by atoms with Gasteiger partial charge in [-0.3, -0.25) is 4.79 Å². The predicted octanol–water partition coefficient (Wildman–Crippen LogP) is 4.93. The average molecular weight is 291 g/mol. The van der Waals surface area contributed by atoms with Gasteiger partial charge in [0.1, 0.15) is 5.78 Å². The van der Waals surface area contributed by atoms with E-state index in [2.05, 4.69) is 0 Å². The highest BCUT2D eigenvalue weighted by atomic mass is 35.5. The molecule has 0 bridgehead atoms. The number of carbonyl (C=O) groups excluding carboxylic acids is 1. The molecule has 18 heavy (non-hydrogen) atoms. The van der Waals surface area contributed by atoms with Crippen molar-refractivity contribution in [2.75, 3.05) is 11.8 Å². The molecule has 0 aromatic rings. The third-order valence-electron chi connectivity index (χ3n) is 5.10. The molecule has 0 atom stereocenters. The maximum Gasteiger partial charge on any atom is 0.147 e. The highest BCUT2D eigenvalue weighted by molar-refractivity contribution is 6.22. The average Bonchev–Trinajstić information content (AvgIpc) is 2.48. The van der Waals surface area contributed by atoms with Gasteiger partial charge in [0.05, 0.1) is 0 Å². The predicted molar refractivity (Wildman–Crippen MR) is 77.5 cm³/mol. The zero-order chi connectivity index (χ0) is 13.1. The topological polar surface area (TPSA) is 17.1 Å². The molecule has 2 saturated carbocycles. The second-order valence-corrected chi connectivity index (χ2v) is 6.81. The number of halogens is 2. The van der Waals surface area contributed by atoms with Crippen LogP contribution >= 0.6 is 23.2 Å². The van der Waals surface area contributed by atoms with Crippen molar-refractivity contribution in [2.45, 2.75) is 64.2 Å². The lowest BCUT2D eigenvalue weighted by atomic mass is 9.60. The monoisotopic (exact) mass is 290 g/mol. The Labute approximate surface area is 121 Å². The summed E-state index contributed by atoms with van der Waals surface area (Å²) in [7, 11) is 0. The van der Waals surface area contributed by atoms with Crippen LogP contribution in [0.1, 0.15) is 64.2 Å². The van der Waals surface area contributed by atoms with E-state index >= 15 is 0 Å². The zero-order valence-electron chi connectivity index (χ0n) is 11.1. The molecule has 0 aliphatic heterocycles. The second-order valence-electron chi connectivity index (χ2n) is 6.28. The van der Waals surface area contributed by atoms with Crippen LogP contribution in [0.15, 0.2) is 0 Å². The van der Waals surface area contributed by atoms with Gasteiger partial charge in [0, 0.05) is 22.6 Å². The summed E-state index contributed by atoms with van der Waals surface area (Å²) >= 11 is 12.4. The first-order valence-electron chi connectivity index (χ1n) is 7.36. The van der Waals surface area contributed by atoms with Crippen LogP contribution < -0.4 is 0 Å². The largest absolute Gasteiger partial charge is 0.298 e. The quantitative estimate of drug-likeness (QED) is 0.671. The minimum Gasteiger partial charge on any atom is -0.298 e. The third-order valence-corrected chi connectivity index (χ3v) is 6.12. The molecule has 0 N–H and O–H groups in total. The Morgan fingerprint density at radius 2 is 1.06 bits per heavy atom. The molecule has 0 spiro atoms. The van der Waals surface area contributed by atoms with Gasteiger partial charge in [-0.1, -0.05) is 38.5 Å². The van der Waals surface area contributed by atoms with Gasteiger partial charge in [-0.25, -0.2) is 0 Å². The molecule has 0 saturated heterocycles. The summed E-state index contributed by atoms with van der Waals surface area (Å²) in [6.07, 6.45) is 11.0. The Morgan fingerprint density at radius 1 is 0.722 bits per heavy atom. The number of ketones is 1. The van der Waals surface area contributed by atoms with E-state index in [1.807, 2.05) is 0 Å². The fraction of sp³-hybridized carbons (Fsp3) is 0.933. The van der Waals surface area contributed by atoms with Gasteiger partial charge in [0.25, 0.3) is 0 Å². The van der Waals surface area contributed by atoms with Crippen LogP contribution in [0.4, 0.5) is 0 Å². The molecule has 0 unspecified atom stereocenters. The van der Waals surface area contributed by atoms with Crippen LogP contribution in [0.25, 0.3) is 0 Å². The van der Waals surface area contributed by atoms with Crippen LogP contribution in [-0.4, -0.2) is 17.5 Å². The van der Waals surface area contributed by atoms with Gasteiger partial charge in [-0.05, 0) is 25.7 Å². The zero-order valence-corrected chi connectivity index (χ0v) is 12.7. The summed E-state index contributed by atoms with van der Waals surface area (Å²) in [5, 5.41) is 0. The van der Waals surface area contributed by atoms with E-state index in [0.29, 0.717) is 17.5 Å². The Bertz CT molecular complexity index is 261. The van der Waals surface area contributed by atoms with Crippen molar-refractivity contribution in [2.24, 2.45) is 10.8 Å². The Morgan fingerprint density at radius 3 is 1.33 bits per heavy atom. The molecule has 2 aliphatic carbocycles. The normalized spacial score (nSPS) is 26.8. The Balaban J connectivity index is 2.20. The van der Waals surface area contributed by atoms with Crippen molar-refractivity contribution in [1.82, 2.24) is 0 Å². The molecule has 3 heteroatoms. The summed E-state index contributed by atoms with van der Waals surface area (Å²) < 4.78 is 0. The highest BCUT2D eigenvalue weighted by Gasteiger charge is 2.49. The van der Waals surface area contributed by atoms with E-state index in [1.54, 1.807) is 0 Å². The third kappa shape index (κ3) is 2.58. The molecular formula is C15H24Cl2O. The van der Waals surface area contributed by atoms with Crippen molar-refractivity contribution in [3.63, 3.8) is 0 Å². The molecular weight excluding hydrogens is 267 g/mol. The SMILES string of the molecule is O=C(C1(CCl)CCCCC1)C1(CCl)CCCCC1. The van der Waals surface area contributed by atoms with E-state index in [1.165, 1.54) is 12.8 Å². The van der Waals surface area contributed by atoms with Crippen LogP contribution in [-0.2, 0) is 4.79 Å². The molecule has 1 nitrogen and oxygen atoms in total. The highest BCUT2D eigenvalue weighted by Crippen LogP contribution is 2.48. The van der Waals surface area contributed by atoms with Crippen molar-refractivity contribution in [3.8, 4) is 0 Å². The molecule has 104 valence electrons. The number of carbonyl (C=O) groups is 1. The van der Waals surface area contributed by atoms with Gasteiger partial charge < -0.3 is 0 Å². The van der Waals surface area contributed by atoms with Crippen molar-refractivity contribution in [3.05, 3.63) is 0 Å². The standard InChI is InChI=1S/C15H24Cl2O/c16-11-14(7-3-1-4-8-14)13(18)15(12-17)9-5-2-6-10-15/h1-12H2. The molecule has 0 heterocycles.